The molecule has 118 valence electrons. The predicted molar refractivity (Wildman–Crippen MR) is 91.7 cm³/mol. The van der Waals surface area contributed by atoms with Gasteiger partial charge in [0.2, 0.25) is 0 Å². The van der Waals surface area contributed by atoms with E-state index in [0.717, 1.165) is 53.6 Å². The van der Waals surface area contributed by atoms with E-state index in [9.17, 15) is 0 Å². The topological polar surface area (TPSA) is 54.0 Å². The molecule has 2 aromatic heterocycles. The van der Waals surface area contributed by atoms with Gasteiger partial charge in [0, 0.05) is 41.0 Å². The molecule has 23 heavy (non-hydrogen) atoms. The van der Waals surface area contributed by atoms with Crippen molar-refractivity contribution in [2.45, 2.75) is 19.9 Å². The fourth-order valence-corrected chi connectivity index (χ4v) is 3.17. The Kier molecular flexibility index (Phi) is 3.50. The molecular weight excluding hydrogens is 288 g/mol. The van der Waals surface area contributed by atoms with E-state index >= 15 is 0 Å². The fraction of sp³-hybridized carbons (Fsp3) is 0.333. The maximum atomic E-state index is 5.54. The van der Waals surface area contributed by atoms with Crippen molar-refractivity contribution >= 4 is 16.7 Å². The normalized spacial score (nSPS) is 18.5. The monoisotopic (exact) mass is 308 g/mol. The van der Waals surface area contributed by atoms with Gasteiger partial charge in [-0.3, -0.25) is 0 Å². The Labute approximate surface area is 135 Å². The van der Waals surface area contributed by atoms with E-state index in [1.165, 1.54) is 0 Å². The number of aryl methyl sites for hydroxylation is 1. The molecule has 1 aliphatic rings. The van der Waals surface area contributed by atoms with Crippen LogP contribution in [-0.2, 0) is 4.74 Å². The van der Waals surface area contributed by atoms with Gasteiger partial charge in [0.25, 0.3) is 0 Å². The Morgan fingerprint density at radius 2 is 2.17 bits per heavy atom. The Hall–Kier alpha value is -2.40. The maximum Gasteiger partial charge on any atom is 0.162 e. The molecule has 1 aromatic carbocycles. The third kappa shape index (κ3) is 2.57. The Balaban J connectivity index is 1.82. The summed E-state index contributed by atoms with van der Waals surface area (Å²) in [6.07, 6.45) is 1.95. The number of ether oxygens (including phenoxy) is 1. The van der Waals surface area contributed by atoms with Crippen molar-refractivity contribution in [1.82, 2.24) is 15.0 Å². The van der Waals surface area contributed by atoms with Gasteiger partial charge in [0.05, 0.1) is 19.3 Å². The highest BCUT2D eigenvalue weighted by atomic mass is 16.5. The quantitative estimate of drug-likeness (QED) is 0.790. The number of fused-ring (bicyclic) bond motifs is 1. The van der Waals surface area contributed by atoms with Crippen molar-refractivity contribution < 1.29 is 4.74 Å². The zero-order chi connectivity index (χ0) is 15.8. The number of rotatable bonds is 2. The zero-order valence-electron chi connectivity index (χ0n) is 13.4. The number of morpholine rings is 1. The molecule has 0 bridgehead atoms. The van der Waals surface area contributed by atoms with E-state index in [-0.39, 0.29) is 0 Å². The van der Waals surface area contributed by atoms with E-state index in [4.69, 9.17) is 9.72 Å². The molecule has 0 amide bonds. The van der Waals surface area contributed by atoms with Gasteiger partial charge < -0.3 is 14.6 Å². The van der Waals surface area contributed by atoms with E-state index in [1.807, 2.05) is 19.2 Å². The molecule has 3 heterocycles. The van der Waals surface area contributed by atoms with Crippen LogP contribution in [0.1, 0.15) is 12.6 Å². The van der Waals surface area contributed by atoms with Gasteiger partial charge in [-0.1, -0.05) is 12.1 Å². The molecule has 0 radical (unpaired) electrons. The minimum atomic E-state index is 0.328. The number of nitrogens with one attached hydrogen (secondary N) is 1. The second-order valence-corrected chi connectivity index (χ2v) is 6.05. The first-order valence-corrected chi connectivity index (χ1v) is 7.99. The van der Waals surface area contributed by atoms with Gasteiger partial charge in [-0.2, -0.15) is 0 Å². The van der Waals surface area contributed by atoms with Gasteiger partial charge in [0.15, 0.2) is 5.82 Å². The number of anilines is 1. The number of benzene rings is 1. The molecular formula is C18H20N4O. The summed E-state index contributed by atoms with van der Waals surface area (Å²) in [5, 5.41) is 1.15. The van der Waals surface area contributed by atoms with Gasteiger partial charge in [-0.15, -0.1) is 0 Å². The second kappa shape index (κ2) is 5.66. The molecule has 5 nitrogen and oxygen atoms in total. The lowest BCUT2D eigenvalue weighted by Gasteiger charge is -2.34. The van der Waals surface area contributed by atoms with E-state index in [1.54, 1.807) is 0 Å². The van der Waals surface area contributed by atoms with Crippen LogP contribution in [0.2, 0.25) is 0 Å². The van der Waals surface area contributed by atoms with Crippen LogP contribution in [0.5, 0.6) is 0 Å². The average Bonchev–Trinajstić information content (AvgIpc) is 3.03. The van der Waals surface area contributed by atoms with Crippen LogP contribution in [0, 0.1) is 6.92 Å². The first-order chi connectivity index (χ1) is 11.2. The lowest BCUT2D eigenvalue weighted by molar-refractivity contribution is 0.0985. The first kappa shape index (κ1) is 14.2. The number of aromatic amines is 1. The molecule has 1 saturated heterocycles. The van der Waals surface area contributed by atoms with Crippen LogP contribution >= 0.6 is 0 Å². The fourth-order valence-electron chi connectivity index (χ4n) is 3.17. The molecule has 1 atom stereocenters. The average molecular weight is 308 g/mol. The predicted octanol–water partition coefficient (Wildman–Crippen LogP) is 3.16. The number of hydrogen-bond acceptors (Lipinski definition) is 4. The summed E-state index contributed by atoms with van der Waals surface area (Å²) < 4.78 is 5.54. The highest BCUT2D eigenvalue weighted by Gasteiger charge is 2.21. The summed E-state index contributed by atoms with van der Waals surface area (Å²) in [6.45, 7) is 6.55. The molecule has 1 fully saturated rings. The van der Waals surface area contributed by atoms with Crippen LogP contribution in [-0.4, -0.2) is 40.8 Å². The van der Waals surface area contributed by atoms with Crippen LogP contribution in [0.15, 0.2) is 36.5 Å². The van der Waals surface area contributed by atoms with E-state index in [0.29, 0.717) is 6.04 Å². The summed E-state index contributed by atoms with van der Waals surface area (Å²) in [6, 6.07) is 10.7. The maximum absolute atomic E-state index is 5.54. The number of nitrogens with zero attached hydrogens (tertiary/aromatic N) is 3. The largest absolute Gasteiger partial charge is 0.377 e. The number of H-pyrrole nitrogens is 1. The van der Waals surface area contributed by atoms with Crippen LogP contribution in [0.4, 0.5) is 5.82 Å². The van der Waals surface area contributed by atoms with Gasteiger partial charge in [-0.25, -0.2) is 9.97 Å². The molecule has 0 unspecified atom stereocenters. The SMILES string of the molecule is Cc1cc(N2CCOC[C@@H]2C)nc(-c2cccc3[nH]ccc23)n1. The Bertz CT molecular complexity index is 842. The number of aromatic nitrogens is 3. The summed E-state index contributed by atoms with van der Waals surface area (Å²) in [4.78, 5) is 15.1. The third-order valence-electron chi connectivity index (χ3n) is 4.34. The lowest BCUT2D eigenvalue weighted by atomic mass is 10.1. The first-order valence-electron chi connectivity index (χ1n) is 7.99. The van der Waals surface area contributed by atoms with Crippen LogP contribution in [0.3, 0.4) is 0 Å². The second-order valence-electron chi connectivity index (χ2n) is 6.05. The summed E-state index contributed by atoms with van der Waals surface area (Å²) in [5.41, 5.74) is 3.15. The smallest absolute Gasteiger partial charge is 0.162 e. The standard InChI is InChI=1S/C18H20N4O/c1-12-10-17(22-8-9-23-11-13(22)2)21-18(20-12)15-4-3-5-16-14(15)6-7-19-16/h3-7,10,13,19H,8-9,11H2,1-2H3/t13-/m0/s1. The Morgan fingerprint density at radius 1 is 1.26 bits per heavy atom. The van der Waals surface area contributed by atoms with Crippen molar-refractivity contribution in [1.29, 1.82) is 0 Å². The summed E-state index contributed by atoms with van der Waals surface area (Å²) >= 11 is 0. The van der Waals surface area contributed by atoms with Crippen LogP contribution in [0.25, 0.3) is 22.3 Å². The molecule has 3 aromatic rings. The molecule has 1 N–H and O–H groups in total. The highest BCUT2D eigenvalue weighted by Crippen LogP contribution is 2.28. The summed E-state index contributed by atoms with van der Waals surface area (Å²) in [7, 11) is 0. The van der Waals surface area contributed by atoms with Gasteiger partial charge in [-0.05, 0) is 26.0 Å². The van der Waals surface area contributed by atoms with Gasteiger partial charge in [0.1, 0.15) is 5.82 Å². The van der Waals surface area contributed by atoms with Gasteiger partial charge >= 0.3 is 0 Å². The number of hydrogen-bond donors (Lipinski definition) is 1. The minimum Gasteiger partial charge on any atom is -0.377 e. The van der Waals surface area contributed by atoms with E-state index in [2.05, 4.69) is 46.1 Å². The van der Waals surface area contributed by atoms with Crippen molar-refractivity contribution in [3.63, 3.8) is 0 Å². The Morgan fingerprint density at radius 3 is 3.04 bits per heavy atom. The van der Waals surface area contributed by atoms with Crippen molar-refractivity contribution in [2.24, 2.45) is 0 Å². The van der Waals surface area contributed by atoms with E-state index < -0.39 is 0 Å². The molecule has 0 spiro atoms. The molecule has 1 aliphatic heterocycles. The minimum absolute atomic E-state index is 0.328. The molecule has 5 heteroatoms. The summed E-state index contributed by atoms with van der Waals surface area (Å²) in [5.74, 6) is 1.76. The van der Waals surface area contributed by atoms with Crippen molar-refractivity contribution in [3.8, 4) is 11.4 Å². The van der Waals surface area contributed by atoms with Crippen LogP contribution < -0.4 is 4.90 Å². The molecule has 4 rings (SSSR count). The third-order valence-corrected chi connectivity index (χ3v) is 4.34. The highest BCUT2D eigenvalue weighted by molar-refractivity contribution is 5.93. The molecule has 0 aliphatic carbocycles. The van der Waals surface area contributed by atoms with Crippen molar-refractivity contribution in [2.75, 3.05) is 24.7 Å². The lowest BCUT2D eigenvalue weighted by Crippen LogP contribution is -2.44. The molecule has 0 saturated carbocycles. The zero-order valence-corrected chi connectivity index (χ0v) is 13.4. The van der Waals surface area contributed by atoms with Crippen molar-refractivity contribution in [3.05, 3.63) is 42.2 Å².